The first-order valence-electron chi connectivity index (χ1n) is 9.81. The van der Waals surface area contributed by atoms with Crippen LogP contribution in [0.5, 0.6) is 0 Å². The smallest absolute Gasteiger partial charge is 0.251 e. The van der Waals surface area contributed by atoms with Gasteiger partial charge in [-0.15, -0.1) is 0 Å². The van der Waals surface area contributed by atoms with E-state index in [1.807, 2.05) is 60.5 Å². The molecular weight excluding hydrogens is 336 g/mol. The molecule has 1 saturated carbocycles. The van der Waals surface area contributed by atoms with E-state index in [0.29, 0.717) is 11.6 Å². The number of nitrogens with one attached hydrogen (secondary N) is 1. The molecule has 0 heterocycles. The molecule has 0 radical (unpaired) electrons. The van der Waals surface area contributed by atoms with Crippen LogP contribution in [0.15, 0.2) is 60.7 Å². The molecule has 27 heavy (non-hydrogen) atoms. The van der Waals surface area contributed by atoms with Crippen LogP contribution < -0.4 is 5.32 Å². The summed E-state index contributed by atoms with van der Waals surface area (Å²) in [6, 6.07) is 18.9. The summed E-state index contributed by atoms with van der Waals surface area (Å²) < 4.78 is 0. The zero-order chi connectivity index (χ0) is 19.1. The highest BCUT2D eigenvalue weighted by molar-refractivity contribution is 5.94. The summed E-state index contributed by atoms with van der Waals surface area (Å²) in [6.45, 7) is 0. The van der Waals surface area contributed by atoms with E-state index in [1.54, 1.807) is 12.1 Å². The fraction of sp³-hybridized carbons (Fsp3) is 0.391. The minimum Gasteiger partial charge on any atom is -0.345 e. The van der Waals surface area contributed by atoms with Crippen molar-refractivity contribution in [1.29, 1.82) is 0 Å². The van der Waals surface area contributed by atoms with Crippen molar-refractivity contribution >= 4 is 11.8 Å². The van der Waals surface area contributed by atoms with Gasteiger partial charge in [-0.2, -0.15) is 0 Å². The van der Waals surface area contributed by atoms with E-state index in [-0.39, 0.29) is 24.3 Å². The molecule has 0 saturated heterocycles. The summed E-state index contributed by atoms with van der Waals surface area (Å²) in [6.07, 6.45) is 6.07. The van der Waals surface area contributed by atoms with Crippen LogP contribution in [-0.2, 0) is 4.79 Å². The van der Waals surface area contributed by atoms with Crippen molar-refractivity contribution in [2.24, 2.45) is 0 Å². The molecule has 1 aliphatic carbocycles. The van der Waals surface area contributed by atoms with Gasteiger partial charge in [0.15, 0.2) is 0 Å². The Bertz CT molecular complexity index is 739. The van der Waals surface area contributed by atoms with Gasteiger partial charge in [-0.3, -0.25) is 9.59 Å². The molecule has 1 unspecified atom stereocenters. The fourth-order valence-corrected chi connectivity index (χ4v) is 3.76. The molecule has 1 N–H and O–H groups in total. The molecule has 2 aromatic rings. The summed E-state index contributed by atoms with van der Waals surface area (Å²) >= 11 is 0. The van der Waals surface area contributed by atoms with Crippen LogP contribution in [-0.4, -0.2) is 29.8 Å². The fourth-order valence-electron chi connectivity index (χ4n) is 3.76. The Morgan fingerprint density at radius 2 is 1.56 bits per heavy atom. The number of benzene rings is 2. The normalized spacial score (nSPS) is 15.7. The van der Waals surface area contributed by atoms with Gasteiger partial charge in [0.2, 0.25) is 5.91 Å². The Kier molecular flexibility index (Phi) is 6.64. The van der Waals surface area contributed by atoms with Crippen LogP contribution in [0.1, 0.15) is 60.5 Å². The predicted molar refractivity (Wildman–Crippen MR) is 107 cm³/mol. The second-order valence-electron chi connectivity index (χ2n) is 7.30. The van der Waals surface area contributed by atoms with Gasteiger partial charge in [0, 0.05) is 18.7 Å². The molecule has 1 fully saturated rings. The molecule has 0 bridgehead atoms. The van der Waals surface area contributed by atoms with Crippen molar-refractivity contribution in [2.75, 3.05) is 7.05 Å². The first kappa shape index (κ1) is 19.2. The largest absolute Gasteiger partial charge is 0.345 e. The number of carbonyl (C=O) groups excluding carboxylic acids is 2. The van der Waals surface area contributed by atoms with Crippen molar-refractivity contribution in [2.45, 2.75) is 50.6 Å². The van der Waals surface area contributed by atoms with Gasteiger partial charge in [-0.05, 0) is 30.5 Å². The Balaban J connectivity index is 1.72. The summed E-state index contributed by atoms with van der Waals surface area (Å²) in [5.74, 6) is -0.0679. The maximum Gasteiger partial charge on any atom is 0.251 e. The van der Waals surface area contributed by atoms with E-state index in [2.05, 4.69) is 5.32 Å². The third-order valence-corrected chi connectivity index (χ3v) is 5.44. The van der Waals surface area contributed by atoms with E-state index < -0.39 is 0 Å². The van der Waals surface area contributed by atoms with Gasteiger partial charge < -0.3 is 10.2 Å². The number of nitrogens with zero attached hydrogens (tertiary/aromatic N) is 1. The zero-order valence-electron chi connectivity index (χ0n) is 15.9. The number of rotatable bonds is 6. The van der Waals surface area contributed by atoms with Gasteiger partial charge in [-0.1, -0.05) is 67.8 Å². The van der Waals surface area contributed by atoms with E-state index >= 15 is 0 Å². The maximum absolute atomic E-state index is 12.9. The Hall–Kier alpha value is -2.62. The van der Waals surface area contributed by atoms with Gasteiger partial charge in [0.1, 0.15) is 0 Å². The summed E-state index contributed by atoms with van der Waals surface area (Å²) in [4.78, 5) is 27.5. The first-order valence-corrected chi connectivity index (χ1v) is 9.81. The van der Waals surface area contributed by atoms with Crippen LogP contribution in [0.2, 0.25) is 0 Å². The molecule has 0 aliphatic heterocycles. The molecular formula is C23H28N2O2. The van der Waals surface area contributed by atoms with Crippen LogP contribution in [0.25, 0.3) is 0 Å². The summed E-state index contributed by atoms with van der Waals surface area (Å²) in [5.41, 5.74) is 1.55. The quantitative estimate of drug-likeness (QED) is 0.829. The SMILES string of the molecule is CN(C(=O)CC(NC(=O)c1ccccc1)c1ccccc1)C1CCCCC1. The van der Waals surface area contributed by atoms with Crippen molar-refractivity contribution in [3.05, 3.63) is 71.8 Å². The Morgan fingerprint density at radius 1 is 0.963 bits per heavy atom. The van der Waals surface area contributed by atoms with E-state index in [1.165, 1.54) is 19.3 Å². The lowest BCUT2D eigenvalue weighted by molar-refractivity contribution is -0.133. The average molecular weight is 364 g/mol. The molecule has 1 aliphatic rings. The van der Waals surface area contributed by atoms with Crippen molar-refractivity contribution in [1.82, 2.24) is 10.2 Å². The Morgan fingerprint density at radius 3 is 2.19 bits per heavy atom. The molecule has 0 aromatic heterocycles. The first-order chi connectivity index (χ1) is 13.1. The van der Waals surface area contributed by atoms with E-state index in [4.69, 9.17) is 0 Å². The van der Waals surface area contributed by atoms with Crippen LogP contribution in [0.3, 0.4) is 0 Å². The highest BCUT2D eigenvalue weighted by Gasteiger charge is 2.26. The van der Waals surface area contributed by atoms with Crippen molar-refractivity contribution < 1.29 is 9.59 Å². The number of carbonyl (C=O) groups is 2. The second kappa shape index (κ2) is 9.36. The molecule has 3 rings (SSSR count). The molecule has 2 aromatic carbocycles. The summed E-state index contributed by atoms with van der Waals surface area (Å²) in [7, 11) is 1.90. The average Bonchev–Trinajstić information content (AvgIpc) is 2.74. The van der Waals surface area contributed by atoms with Gasteiger partial charge in [0.05, 0.1) is 12.5 Å². The minimum absolute atomic E-state index is 0.0871. The van der Waals surface area contributed by atoms with Gasteiger partial charge in [-0.25, -0.2) is 0 Å². The topological polar surface area (TPSA) is 49.4 Å². The third-order valence-electron chi connectivity index (χ3n) is 5.44. The predicted octanol–water partition coefficient (Wildman–Crippen LogP) is 4.34. The zero-order valence-corrected chi connectivity index (χ0v) is 15.9. The number of hydrogen-bond acceptors (Lipinski definition) is 2. The lowest BCUT2D eigenvalue weighted by Crippen LogP contribution is -2.40. The highest BCUT2D eigenvalue weighted by Crippen LogP contribution is 2.24. The van der Waals surface area contributed by atoms with Crippen LogP contribution >= 0.6 is 0 Å². The van der Waals surface area contributed by atoms with Crippen LogP contribution in [0, 0.1) is 0 Å². The van der Waals surface area contributed by atoms with Crippen molar-refractivity contribution in [3.63, 3.8) is 0 Å². The molecule has 4 heteroatoms. The van der Waals surface area contributed by atoms with Crippen molar-refractivity contribution in [3.8, 4) is 0 Å². The van der Waals surface area contributed by atoms with E-state index in [9.17, 15) is 9.59 Å². The Labute approximate surface area is 161 Å². The van der Waals surface area contributed by atoms with Crippen LogP contribution in [0.4, 0.5) is 0 Å². The lowest BCUT2D eigenvalue weighted by atomic mass is 9.94. The molecule has 0 spiro atoms. The third kappa shape index (κ3) is 5.19. The monoisotopic (exact) mass is 364 g/mol. The maximum atomic E-state index is 12.9. The lowest BCUT2D eigenvalue weighted by Gasteiger charge is -2.32. The number of hydrogen-bond donors (Lipinski definition) is 1. The molecule has 142 valence electrons. The molecule has 4 nitrogen and oxygen atoms in total. The summed E-state index contributed by atoms with van der Waals surface area (Å²) in [5, 5.41) is 3.05. The molecule has 2 amide bonds. The van der Waals surface area contributed by atoms with Gasteiger partial charge in [0.25, 0.3) is 5.91 Å². The standard InChI is InChI=1S/C23H28N2O2/c1-25(20-15-9-4-10-16-20)22(26)17-21(18-11-5-2-6-12-18)24-23(27)19-13-7-3-8-14-19/h2-3,5-8,11-14,20-21H,4,9-10,15-17H2,1H3,(H,24,27). The molecule has 1 atom stereocenters. The number of amides is 2. The van der Waals surface area contributed by atoms with Gasteiger partial charge >= 0.3 is 0 Å². The van der Waals surface area contributed by atoms with E-state index in [0.717, 1.165) is 18.4 Å². The minimum atomic E-state index is -0.336. The highest BCUT2D eigenvalue weighted by atomic mass is 16.2. The second-order valence-corrected chi connectivity index (χ2v) is 7.30.